The number of primary amides is 1. The van der Waals surface area contributed by atoms with Gasteiger partial charge in [0.1, 0.15) is 11.9 Å². The molecule has 1 atom stereocenters. The van der Waals surface area contributed by atoms with Crippen LogP contribution in [0, 0.1) is 0 Å². The third kappa shape index (κ3) is 4.00. The van der Waals surface area contributed by atoms with E-state index in [1.54, 1.807) is 12.1 Å². The van der Waals surface area contributed by atoms with Crippen LogP contribution in [0.1, 0.15) is 39.1 Å². The number of rotatable bonds is 5. The predicted octanol–water partition coefficient (Wildman–Crippen LogP) is 2.21. The lowest BCUT2D eigenvalue weighted by molar-refractivity contribution is -0.139. The number of fused-ring (bicyclic) bond motifs is 1. The maximum atomic E-state index is 12.3. The Hall–Kier alpha value is -3.35. The number of ether oxygens (including phenoxy) is 1. The molecule has 7 heteroatoms. The van der Waals surface area contributed by atoms with Crippen molar-refractivity contribution in [3.63, 3.8) is 0 Å². The summed E-state index contributed by atoms with van der Waals surface area (Å²) in [5, 5.41) is 11.7. The first kappa shape index (κ1) is 17.5. The van der Waals surface area contributed by atoms with Gasteiger partial charge in [0.2, 0.25) is 5.91 Å². The van der Waals surface area contributed by atoms with Gasteiger partial charge in [0.05, 0.1) is 6.42 Å². The van der Waals surface area contributed by atoms with Gasteiger partial charge >= 0.3 is 5.97 Å². The highest BCUT2D eigenvalue weighted by Gasteiger charge is 2.22. The Balaban J connectivity index is 1.68. The summed E-state index contributed by atoms with van der Waals surface area (Å²) in [5.41, 5.74) is 7.47. The average molecular weight is 354 g/mol. The molecule has 2 aromatic carbocycles. The second-order valence-electron chi connectivity index (χ2n) is 6.09. The number of anilines is 1. The molecule has 3 rings (SSSR count). The van der Waals surface area contributed by atoms with Crippen LogP contribution in [0.15, 0.2) is 42.5 Å². The van der Waals surface area contributed by atoms with Crippen molar-refractivity contribution in [3.8, 4) is 5.75 Å². The van der Waals surface area contributed by atoms with Gasteiger partial charge in [-0.15, -0.1) is 0 Å². The highest BCUT2D eigenvalue weighted by molar-refractivity contribution is 6.05. The standard InChI is InChI=1S/C19H18N2O5/c20-18(24)11-1-3-12(4-2-11)19(25)21-14-6-8-16-13(9-14)5-7-15(26-16)10-17(22)23/h1-4,6,8-9,15H,5,7,10H2,(H2,20,24)(H,21,25)(H,22,23). The third-order valence-corrected chi connectivity index (χ3v) is 4.18. The number of carbonyl (C=O) groups excluding carboxylic acids is 2. The quantitative estimate of drug-likeness (QED) is 0.760. The van der Waals surface area contributed by atoms with Crippen LogP contribution in [0.5, 0.6) is 5.75 Å². The zero-order valence-corrected chi connectivity index (χ0v) is 13.9. The van der Waals surface area contributed by atoms with Crippen LogP contribution in [-0.2, 0) is 11.2 Å². The van der Waals surface area contributed by atoms with Crippen molar-refractivity contribution in [2.75, 3.05) is 5.32 Å². The van der Waals surface area contributed by atoms with Gasteiger partial charge in [-0.05, 0) is 60.9 Å². The van der Waals surface area contributed by atoms with E-state index in [9.17, 15) is 14.4 Å². The minimum Gasteiger partial charge on any atom is -0.490 e. The fraction of sp³-hybridized carbons (Fsp3) is 0.211. The van der Waals surface area contributed by atoms with Gasteiger partial charge in [-0.3, -0.25) is 14.4 Å². The smallest absolute Gasteiger partial charge is 0.307 e. The van der Waals surface area contributed by atoms with E-state index in [0.717, 1.165) is 5.56 Å². The van der Waals surface area contributed by atoms with E-state index < -0.39 is 11.9 Å². The van der Waals surface area contributed by atoms with Gasteiger partial charge < -0.3 is 20.9 Å². The molecule has 2 aromatic rings. The monoisotopic (exact) mass is 354 g/mol. The molecule has 0 aromatic heterocycles. The topological polar surface area (TPSA) is 119 Å². The molecule has 1 aliphatic rings. The number of nitrogens with two attached hydrogens (primary N) is 1. The Kier molecular flexibility index (Phi) is 4.88. The van der Waals surface area contributed by atoms with Gasteiger partial charge in [0, 0.05) is 16.8 Å². The maximum absolute atomic E-state index is 12.3. The van der Waals surface area contributed by atoms with Crippen molar-refractivity contribution >= 4 is 23.5 Å². The molecular weight excluding hydrogens is 336 g/mol. The lowest BCUT2D eigenvalue weighted by Crippen LogP contribution is -2.25. The summed E-state index contributed by atoms with van der Waals surface area (Å²) in [7, 11) is 0. The van der Waals surface area contributed by atoms with Crippen molar-refractivity contribution in [2.24, 2.45) is 5.73 Å². The Morgan fingerprint density at radius 2 is 1.81 bits per heavy atom. The number of aliphatic carboxylic acids is 1. The number of aryl methyl sites for hydroxylation is 1. The SMILES string of the molecule is NC(=O)c1ccc(C(=O)Nc2ccc3c(c2)CCC(CC(=O)O)O3)cc1. The molecule has 0 saturated carbocycles. The maximum Gasteiger partial charge on any atom is 0.307 e. The zero-order chi connectivity index (χ0) is 18.7. The van der Waals surface area contributed by atoms with E-state index in [1.807, 2.05) is 6.07 Å². The molecule has 0 aliphatic carbocycles. The number of carbonyl (C=O) groups is 3. The van der Waals surface area contributed by atoms with E-state index in [4.69, 9.17) is 15.6 Å². The van der Waals surface area contributed by atoms with Gasteiger partial charge in [-0.2, -0.15) is 0 Å². The number of benzene rings is 2. The largest absolute Gasteiger partial charge is 0.490 e. The molecule has 0 saturated heterocycles. The number of hydrogen-bond donors (Lipinski definition) is 3. The van der Waals surface area contributed by atoms with E-state index >= 15 is 0 Å². The van der Waals surface area contributed by atoms with Crippen LogP contribution in [0.2, 0.25) is 0 Å². The summed E-state index contributed by atoms with van der Waals surface area (Å²) in [6.07, 6.45) is 0.943. The Morgan fingerprint density at radius 1 is 1.12 bits per heavy atom. The summed E-state index contributed by atoms with van der Waals surface area (Å²) in [5.74, 6) is -1.09. The Labute approximate surface area is 149 Å². The molecule has 1 unspecified atom stereocenters. The average Bonchev–Trinajstić information content (AvgIpc) is 2.61. The van der Waals surface area contributed by atoms with Gasteiger partial charge in [0.15, 0.2) is 0 Å². The molecule has 26 heavy (non-hydrogen) atoms. The second-order valence-corrected chi connectivity index (χ2v) is 6.09. The van der Waals surface area contributed by atoms with Crippen LogP contribution >= 0.6 is 0 Å². The molecule has 0 spiro atoms. The minimum atomic E-state index is -0.885. The van der Waals surface area contributed by atoms with E-state index in [-0.39, 0.29) is 18.4 Å². The van der Waals surface area contributed by atoms with E-state index in [1.165, 1.54) is 24.3 Å². The summed E-state index contributed by atoms with van der Waals surface area (Å²) in [4.78, 5) is 34.2. The Bertz CT molecular complexity index is 861. The fourth-order valence-corrected chi connectivity index (χ4v) is 2.85. The zero-order valence-electron chi connectivity index (χ0n) is 13.9. The summed E-state index contributed by atoms with van der Waals surface area (Å²) < 4.78 is 5.69. The van der Waals surface area contributed by atoms with Crippen LogP contribution in [-0.4, -0.2) is 29.0 Å². The first-order valence-corrected chi connectivity index (χ1v) is 8.15. The summed E-state index contributed by atoms with van der Waals surface area (Å²) in [6, 6.07) is 11.3. The van der Waals surface area contributed by atoms with Crippen molar-refractivity contribution in [1.82, 2.24) is 0 Å². The van der Waals surface area contributed by atoms with Crippen molar-refractivity contribution in [3.05, 3.63) is 59.2 Å². The number of amides is 2. The highest BCUT2D eigenvalue weighted by atomic mass is 16.5. The number of hydrogen-bond acceptors (Lipinski definition) is 4. The minimum absolute atomic E-state index is 0.0285. The van der Waals surface area contributed by atoms with Crippen LogP contribution in [0.3, 0.4) is 0 Å². The predicted molar refractivity (Wildman–Crippen MR) is 94.3 cm³/mol. The van der Waals surface area contributed by atoms with Gasteiger partial charge in [-0.1, -0.05) is 0 Å². The first-order valence-electron chi connectivity index (χ1n) is 8.15. The molecule has 2 amide bonds. The summed E-state index contributed by atoms with van der Waals surface area (Å²) >= 11 is 0. The molecule has 0 bridgehead atoms. The van der Waals surface area contributed by atoms with Crippen LogP contribution < -0.4 is 15.8 Å². The van der Waals surface area contributed by atoms with Gasteiger partial charge in [-0.25, -0.2) is 0 Å². The van der Waals surface area contributed by atoms with Gasteiger partial charge in [0.25, 0.3) is 5.91 Å². The fourth-order valence-electron chi connectivity index (χ4n) is 2.85. The first-order chi connectivity index (χ1) is 12.4. The molecule has 0 fully saturated rings. The highest BCUT2D eigenvalue weighted by Crippen LogP contribution is 2.31. The second kappa shape index (κ2) is 7.26. The van der Waals surface area contributed by atoms with Crippen LogP contribution in [0.25, 0.3) is 0 Å². The van der Waals surface area contributed by atoms with Crippen molar-refractivity contribution in [1.29, 1.82) is 0 Å². The van der Waals surface area contributed by atoms with Crippen molar-refractivity contribution in [2.45, 2.75) is 25.4 Å². The molecular formula is C19H18N2O5. The molecule has 1 heterocycles. The number of carboxylic acid groups (broad SMARTS) is 1. The number of nitrogens with one attached hydrogen (secondary N) is 1. The third-order valence-electron chi connectivity index (χ3n) is 4.18. The Morgan fingerprint density at radius 3 is 2.46 bits per heavy atom. The molecule has 7 nitrogen and oxygen atoms in total. The lowest BCUT2D eigenvalue weighted by Gasteiger charge is -2.25. The van der Waals surface area contributed by atoms with Crippen molar-refractivity contribution < 1.29 is 24.2 Å². The molecule has 4 N–H and O–H groups in total. The lowest BCUT2D eigenvalue weighted by atomic mass is 10.00. The van der Waals surface area contributed by atoms with E-state index in [0.29, 0.717) is 35.4 Å². The molecule has 1 aliphatic heterocycles. The van der Waals surface area contributed by atoms with E-state index in [2.05, 4.69) is 5.32 Å². The normalized spacial score (nSPS) is 15.5. The van der Waals surface area contributed by atoms with Crippen LogP contribution in [0.4, 0.5) is 5.69 Å². The summed E-state index contributed by atoms with van der Waals surface area (Å²) in [6.45, 7) is 0. The molecule has 0 radical (unpaired) electrons. The number of carboxylic acids is 1. The molecule has 134 valence electrons.